The number of fused-ring (bicyclic) bond motifs is 2. The van der Waals surface area contributed by atoms with Gasteiger partial charge in [0.05, 0.1) is 17.4 Å². The maximum atomic E-state index is 12.0. The molecule has 0 spiro atoms. The highest BCUT2D eigenvalue weighted by molar-refractivity contribution is 5.76. The maximum Gasteiger partial charge on any atom is 0.389 e. The first-order valence-electron chi connectivity index (χ1n) is 7.50. The molecule has 2 bridgehead atoms. The van der Waals surface area contributed by atoms with Crippen molar-refractivity contribution in [1.82, 2.24) is 15.1 Å². The lowest BCUT2D eigenvalue weighted by Crippen LogP contribution is -2.41. The highest BCUT2D eigenvalue weighted by atomic mass is 16.6. The summed E-state index contributed by atoms with van der Waals surface area (Å²) in [6, 6.07) is 1.46. The van der Waals surface area contributed by atoms with E-state index in [0.29, 0.717) is 5.92 Å². The minimum atomic E-state index is -0.563. The van der Waals surface area contributed by atoms with Gasteiger partial charge in [0.2, 0.25) is 5.91 Å². The summed E-state index contributed by atoms with van der Waals surface area (Å²) in [5, 5.41) is 17.3. The summed E-state index contributed by atoms with van der Waals surface area (Å²) in [5.74, 6) is 1.83. The van der Waals surface area contributed by atoms with Crippen molar-refractivity contribution in [2.45, 2.75) is 45.2 Å². The molecule has 2 aliphatic carbocycles. The Morgan fingerprint density at radius 1 is 1.57 bits per heavy atom. The monoisotopic (exact) mass is 292 g/mol. The first kappa shape index (κ1) is 14.0. The number of nitrogens with one attached hydrogen (secondary N) is 1. The number of amides is 1. The predicted octanol–water partition coefficient (Wildman–Crippen LogP) is 1.73. The van der Waals surface area contributed by atoms with E-state index >= 15 is 0 Å². The molecule has 0 radical (unpaired) electrons. The summed E-state index contributed by atoms with van der Waals surface area (Å²) in [6.07, 6.45) is 6.63. The van der Waals surface area contributed by atoms with Crippen molar-refractivity contribution < 1.29 is 9.72 Å². The van der Waals surface area contributed by atoms with Gasteiger partial charge in [0.25, 0.3) is 0 Å². The van der Waals surface area contributed by atoms with Crippen molar-refractivity contribution in [1.29, 1.82) is 0 Å². The number of aromatic nitrogens is 2. The van der Waals surface area contributed by atoms with Gasteiger partial charge in [0.1, 0.15) is 6.54 Å². The molecule has 1 aromatic rings. The largest absolute Gasteiger partial charge is 0.389 e. The molecule has 1 heterocycles. The first-order chi connectivity index (χ1) is 10.0. The molecule has 0 aromatic carbocycles. The number of carbonyl (C=O) groups excluding carboxylic acids is 1. The molecule has 2 aliphatic rings. The molecule has 7 nitrogen and oxygen atoms in total. The third kappa shape index (κ3) is 2.91. The molecule has 3 rings (SSSR count). The molecule has 2 fully saturated rings. The molecular weight excluding hydrogens is 272 g/mol. The molecule has 21 heavy (non-hydrogen) atoms. The Bertz CT molecular complexity index is 556. The summed E-state index contributed by atoms with van der Waals surface area (Å²) in [4.78, 5) is 22.0. The average Bonchev–Trinajstić information content (AvgIpc) is 3.13. The molecule has 0 unspecified atom stereocenters. The van der Waals surface area contributed by atoms with E-state index in [9.17, 15) is 14.9 Å². The third-order valence-corrected chi connectivity index (χ3v) is 4.94. The summed E-state index contributed by atoms with van der Waals surface area (Å²) in [6.45, 7) is 2.09. The lowest BCUT2D eigenvalue weighted by Gasteiger charge is -2.28. The van der Waals surface area contributed by atoms with Crippen LogP contribution in [0.15, 0.2) is 12.3 Å². The summed E-state index contributed by atoms with van der Waals surface area (Å²) < 4.78 is 1.31. The van der Waals surface area contributed by atoms with Crippen LogP contribution in [-0.4, -0.2) is 26.7 Å². The van der Waals surface area contributed by atoms with Crippen LogP contribution in [0.5, 0.6) is 0 Å². The van der Waals surface area contributed by atoms with Gasteiger partial charge < -0.3 is 15.4 Å². The lowest BCUT2D eigenvalue weighted by atomic mass is 9.84. The zero-order valence-electron chi connectivity index (χ0n) is 12.1. The second kappa shape index (κ2) is 5.46. The van der Waals surface area contributed by atoms with E-state index in [2.05, 4.69) is 17.3 Å². The van der Waals surface area contributed by atoms with Crippen LogP contribution in [0.25, 0.3) is 0 Å². The van der Waals surface area contributed by atoms with Gasteiger partial charge >= 0.3 is 5.82 Å². The molecule has 1 N–H and O–H groups in total. The Morgan fingerprint density at radius 2 is 2.38 bits per heavy atom. The zero-order chi connectivity index (χ0) is 15.0. The Labute approximate surface area is 122 Å². The van der Waals surface area contributed by atoms with Crippen molar-refractivity contribution >= 4 is 11.7 Å². The summed E-state index contributed by atoms with van der Waals surface area (Å²) in [7, 11) is 0. The number of nitro groups is 1. The smallest absolute Gasteiger partial charge is 0.358 e. The van der Waals surface area contributed by atoms with Gasteiger partial charge in [-0.3, -0.25) is 4.79 Å². The normalized spacial score (nSPS) is 28.5. The summed E-state index contributed by atoms with van der Waals surface area (Å²) >= 11 is 0. The Hall–Kier alpha value is -1.92. The van der Waals surface area contributed by atoms with Crippen molar-refractivity contribution in [2.24, 2.45) is 17.8 Å². The molecular formula is C14H20N4O3. The van der Waals surface area contributed by atoms with Gasteiger partial charge in [-0.05, 0) is 48.9 Å². The molecule has 1 aromatic heterocycles. The van der Waals surface area contributed by atoms with E-state index in [4.69, 9.17) is 0 Å². The lowest BCUT2D eigenvalue weighted by molar-refractivity contribution is -0.389. The molecule has 2 saturated carbocycles. The van der Waals surface area contributed by atoms with Crippen LogP contribution in [0.2, 0.25) is 0 Å². The Balaban J connectivity index is 1.52. The SMILES string of the molecule is C[C@H](NC(=O)Cn1ccc([N+](=O)[O-])n1)[C@H]1C[C@@H]2CC[C@@H]1C2. The van der Waals surface area contributed by atoms with Gasteiger partial charge in [-0.2, -0.15) is 4.68 Å². The van der Waals surface area contributed by atoms with E-state index in [1.165, 1.54) is 42.6 Å². The Kier molecular flexibility index (Phi) is 3.65. The van der Waals surface area contributed by atoms with Gasteiger partial charge in [-0.15, -0.1) is 0 Å². The van der Waals surface area contributed by atoms with E-state index < -0.39 is 4.92 Å². The van der Waals surface area contributed by atoms with Gasteiger partial charge in [-0.25, -0.2) is 0 Å². The van der Waals surface area contributed by atoms with E-state index in [0.717, 1.165) is 11.8 Å². The fourth-order valence-corrected chi connectivity index (χ4v) is 4.00. The molecule has 0 aliphatic heterocycles. The second-order valence-electron chi connectivity index (χ2n) is 6.32. The highest BCUT2D eigenvalue weighted by Gasteiger charge is 2.42. The van der Waals surface area contributed by atoms with Crippen LogP contribution in [0.1, 0.15) is 32.6 Å². The van der Waals surface area contributed by atoms with Crippen molar-refractivity contribution in [3.63, 3.8) is 0 Å². The number of carbonyl (C=O) groups is 1. The minimum Gasteiger partial charge on any atom is -0.358 e. The van der Waals surface area contributed by atoms with Crippen LogP contribution in [-0.2, 0) is 11.3 Å². The fraction of sp³-hybridized carbons (Fsp3) is 0.714. The predicted molar refractivity (Wildman–Crippen MR) is 75.4 cm³/mol. The van der Waals surface area contributed by atoms with Crippen molar-refractivity contribution in [2.75, 3.05) is 0 Å². The van der Waals surface area contributed by atoms with Gasteiger partial charge in [0, 0.05) is 6.04 Å². The zero-order valence-corrected chi connectivity index (χ0v) is 12.1. The van der Waals surface area contributed by atoms with Crippen LogP contribution in [0.4, 0.5) is 5.82 Å². The average molecular weight is 292 g/mol. The number of rotatable bonds is 5. The quantitative estimate of drug-likeness (QED) is 0.661. The molecule has 4 atom stereocenters. The van der Waals surface area contributed by atoms with Crippen molar-refractivity contribution in [3.05, 3.63) is 22.4 Å². The molecule has 7 heteroatoms. The molecule has 0 saturated heterocycles. The minimum absolute atomic E-state index is 0.0268. The van der Waals surface area contributed by atoms with Crippen LogP contribution >= 0.6 is 0 Å². The third-order valence-electron chi connectivity index (χ3n) is 4.94. The van der Waals surface area contributed by atoms with E-state index in [1.54, 1.807) is 0 Å². The van der Waals surface area contributed by atoms with Gasteiger partial charge in [0.15, 0.2) is 0 Å². The first-order valence-corrected chi connectivity index (χ1v) is 7.50. The van der Waals surface area contributed by atoms with Crippen LogP contribution in [0.3, 0.4) is 0 Å². The second-order valence-corrected chi connectivity index (χ2v) is 6.32. The maximum absolute atomic E-state index is 12.0. The standard InChI is InChI=1S/C14H20N4O3/c1-9(12-7-10-2-3-11(12)6-10)15-14(19)8-17-5-4-13(16-17)18(20)21/h4-5,9-12H,2-3,6-8H2,1H3,(H,15,19)/t9-,10+,11+,12+/m0/s1. The highest BCUT2D eigenvalue weighted by Crippen LogP contribution is 2.49. The topological polar surface area (TPSA) is 90.1 Å². The van der Waals surface area contributed by atoms with E-state index in [1.807, 2.05) is 0 Å². The number of hydrogen-bond acceptors (Lipinski definition) is 4. The fourth-order valence-electron chi connectivity index (χ4n) is 4.00. The van der Waals surface area contributed by atoms with Crippen LogP contribution < -0.4 is 5.32 Å². The number of hydrogen-bond donors (Lipinski definition) is 1. The van der Waals surface area contributed by atoms with E-state index in [-0.39, 0.29) is 24.3 Å². The summed E-state index contributed by atoms with van der Waals surface area (Å²) in [5.41, 5.74) is 0. The van der Waals surface area contributed by atoms with Crippen molar-refractivity contribution in [3.8, 4) is 0 Å². The number of nitrogens with zero attached hydrogens (tertiary/aromatic N) is 3. The van der Waals surface area contributed by atoms with Gasteiger partial charge in [-0.1, -0.05) is 6.42 Å². The molecule has 1 amide bonds. The Morgan fingerprint density at radius 3 is 2.95 bits per heavy atom. The molecule has 114 valence electrons. The van der Waals surface area contributed by atoms with Crippen LogP contribution in [0, 0.1) is 27.9 Å².